The Hall–Kier alpha value is -1.05. The van der Waals surface area contributed by atoms with E-state index in [1.54, 1.807) is 0 Å². The topological polar surface area (TPSA) is 49.9 Å². The van der Waals surface area contributed by atoms with E-state index in [4.69, 9.17) is 11.1 Å². The van der Waals surface area contributed by atoms with Crippen molar-refractivity contribution in [1.82, 2.24) is 0 Å². The Kier molecular flexibility index (Phi) is 1.39. The summed E-state index contributed by atoms with van der Waals surface area (Å²) in [5.74, 6) is 0.404. The van der Waals surface area contributed by atoms with Crippen LogP contribution in [0.25, 0.3) is 0 Å². The maximum absolute atomic E-state index is 6.91. The Morgan fingerprint density at radius 2 is 2.33 bits per heavy atom. The van der Waals surface area contributed by atoms with Gasteiger partial charge in [0.2, 0.25) is 0 Å². The second kappa shape index (κ2) is 2.05. The Balaban J connectivity index is 2.86. The zero-order valence-electron chi connectivity index (χ0n) is 5.39. The van der Waals surface area contributed by atoms with Gasteiger partial charge in [0.25, 0.3) is 0 Å². The monoisotopic (exact) mass is 122 g/mol. The fraction of sp³-hybridized carbons (Fsp3) is 0.286. The number of nitrogens with two attached hydrogens (primary N) is 1. The number of hydrogen-bond donors (Lipinski definition) is 2. The molecule has 0 bridgehead atoms. The van der Waals surface area contributed by atoms with Crippen molar-refractivity contribution < 1.29 is 0 Å². The highest BCUT2D eigenvalue weighted by Gasteiger charge is 2.07. The molecule has 1 atom stereocenters. The van der Waals surface area contributed by atoms with E-state index in [2.05, 4.69) is 0 Å². The first kappa shape index (κ1) is 6.08. The van der Waals surface area contributed by atoms with Crippen LogP contribution in [0.3, 0.4) is 0 Å². The van der Waals surface area contributed by atoms with Gasteiger partial charge >= 0.3 is 0 Å². The molecular weight excluding hydrogens is 112 g/mol. The van der Waals surface area contributed by atoms with Crippen molar-refractivity contribution in [3.63, 3.8) is 0 Å². The predicted octanol–water partition coefficient (Wildman–Crippen LogP) is 1.05. The average molecular weight is 122 g/mol. The van der Waals surface area contributed by atoms with Crippen molar-refractivity contribution in [2.75, 3.05) is 0 Å². The SMILES string of the molecule is CC1C=C(N)C(C=N)=C1. The molecule has 48 valence electrons. The van der Waals surface area contributed by atoms with Crippen LogP contribution >= 0.6 is 0 Å². The molecule has 2 nitrogen and oxygen atoms in total. The minimum Gasteiger partial charge on any atom is -0.398 e. The van der Waals surface area contributed by atoms with Gasteiger partial charge in [0.15, 0.2) is 0 Å². The number of allylic oxidation sites excluding steroid dienone is 3. The summed E-state index contributed by atoms with van der Waals surface area (Å²) in [6, 6.07) is 0. The summed E-state index contributed by atoms with van der Waals surface area (Å²) in [7, 11) is 0. The van der Waals surface area contributed by atoms with E-state index < -0.39 is 0 Å². The molecule has 0 amide bonds. The summed E-state index contributed by atoms with van der Waals surface area (Å²) < 4.78 is 0. The first-order valence-corrected chi connectivity index (χ1v) is 2.94. The minimum absolute atomic E-state index is 0.404. The van der Waals surface area contributed by atoms with E-state index in [-0.39, 0.29) is 0 Å². The van der Waals surface area contributed by atoms with Crippen LogP contribution in [0.2, 0.25) is 0 Å². The molecule has 0 fully saturated rings. The quantitative estimate of drug-likeness (QED) is 0.502. The van der Waals surface area contributed by atoms with Crippen molar-refractivity contribution in [3.05, 3.63) is 23.4 Å². The van der Waals surface area contributed by atoms with Gasteiger partial charge in [-0.25, -0.2) is 0 Å². The molecule has 1 unspecified atom stereocenters. The highest BCUT2D eigenvalue weighted by atomic mass is 14.6. The highest BCUT2D eigenvalue weighted by molar-refractivity contribution is 5.83. The van der Waals surface area contributed by atoms with Crippen LogP contribution in [0.5, 0.6) is 0 Å². The van der Waals surface area contributed by atoms with Crippen LogP contribution in [-0.4, -0.2) is 6.21 Å². The van der Waals surface area contributed by atoms with Crippen molar-refractivity contribution >= 4 is 6.21 Å². The third-order valence-electron chi connectivity index (χ3n) is 1.37. The Morgan fingerprint density at radius 1 is 1.67 bits per heavy atom. The van der Waals surface area contributed by atoms with Crippen molar-refractivity contribution in [3.8, 4) is 0 Å². The molecule has 0 radical (unpaired) electrons. The fourth-order valence-electron chi connectivity index (χ4n) is 0.938. The van der Waals surface area contributed by atoms with E-state index >= 15 is 0 Å². The molecule has 9 heavy (non-hydrogen) atoms. The van der Waals surface area contributed by atoms with E-state index in [0.717, 1.165) is 11.3 Å². The standard InChI is InChI=1S/C7H10N2/c1-5-2-6(4-8)7(9)3-5/h2-5,8H,9H2,1H3. The number of rotatable bonds is 1. The molecule has 1 rings (SSSR count). The molecule has 0 saturated carbocycles. The van der Waals surface area contributed by atoms with Gasteiger partial charge in [0.1, 0.15) is 0 Å². The van der Waals surface area contributed by atoms with E-state index in [1.807, 2.05) is 19.1 Å². The number of hydrogen-bond acceptors (Lipinski definition) is 2. The highest BCUT2D eigenvalue weighted by Crippen LogP contribution is 2.17. The molecule has 0 saturated heterocycles. The van der Waals surface area contributed by atoms with E-state index in [1.165, 1.54) is 6.21 Å². The lowest BCUT2D eigenvalue weighted by atomic mass is 10.2. The van der Waals surface area contributed by atoms with Crippen LogP contribution in [0.1, 0.15) is 6.92 Å². The normalized spacial score (nSPS) is 25.2. The smallest absolute Gasteiger partial charge is 0.0365 e. The second-order valence-corrected chi connectivity index (χ2v) is 2.25. The zero-order valence-corrected chi connectivity index (χ0v) is 5.39. The van der Waals surface area contributed by atoms with Gasteiger partial charge < -0.3 is 11.1 Å². The Morgan fingerprint density at radius 3 is 2.56 bits per heavy atom. The third kappa shape index (κ3) is 1.02. The summed E-state index contributed by atoms with van der Waals surface area (Å²) in [4.78, 5) is 0. The van der Waals surface area contributed by atoms with Crippen LogP contribution in [0.15, 0.2) is 23.4 Å². The van der Waals surface area contributed by atoms with Crippen molar-refractivity contribution in [2.45, 2.75) is 6.92 Å². The van der Waals surface area contributed by atoms with Gasteiger partial charge in [-0.1, -0.05) is 19.1 Å². The van der Waals surface area contributed by atoms with Gasteiger partial charge in [0.05, 0.1) is 0 Å². The van der Waals surface area contributed by atoms with Gasteiger partial charge in [-0.3, -0.25) is 0 Å². The Bertz CT molecular complexity index is 189. The van der Waals surface area contributed by atoms with Crippen LogP contribution in [-0.2, 0) is 0 Å². The summed E-state index contributed by atoms with van der Waals surface area (Å²) in [5, 5.41) is 6.91. The maximum Gasteiger partial charge on any atom is 0.0365 e. The molecule has 0 aromatic heterocycles. The molecule has 3 N–H and O–H groups in total. The fourth-order valence-corrected chi connectivity index (χ4v) is 0.938. The molecule has 1 aliphatic rings. The molecule has 0 spiro atoms. The summed E-state index contributed by atoms with van der Waals surface area (Å²) in [6.07, 6.45) is 5.21. The van der Waals surface area contributed by atoms with Gasteiger partial charge in [-0.15, -0.1) is 0 Å². The third-order valence-corrected chi connectivity index (χ3v) is 1.37. The van der Waals surface area contributed by atoms with Gasteiger partial charge in [-0.2, -0.15) is 0 Å². The zero-order chi connectivity index (χ0) is 6.85. The van der Waals surface area contributed by atoms with E-state index in [0.29, 0.717) is 5.92 Å². The van der Waals surface area contributed by atoms with E-state index in [9.17, 15) is 0 Å². The lowest BCUT2D eigenvalue weighted by Crippen LogP contribution is -1.97. The van der Waals surface area contributed by atoms with Gasteiger partial charge in [-0.05, 0) is 5.92 Å². The largest absolute Gasteiger partial charge is 0.398 e. The van der Waals surface area contributed by atoms with Gasteiger partial charge in [0, 0.05) is 17.5 Å². The molecule has 1 aliphatic carbocycles. The first-order chi connectivity index (χ1) is 4.24. The first-order valence-electron chi connectivity index (χ1n) is 2.94. The molecular formula is C7H10N2. The summed E-state index contributed by atoms with van der Waals surface area (Å²) in [5.41, 5.74) is 7.10. The van der Waals surface area contributed by atoms with Crippen molar-refractivity contribution in [2.24, 2.45) is 11.7 Å². The predicted molar refractivity (Wildman–Crippen MR) is 38.3 cm³/mol. The Labute approximate surface area is 54.6 Å². The van der Waals surface area contributed by atoms with Crippen LogP contribution in [0.4, 0.5) is 0 Å². The summed E-state index contributed by atoms with van der Waals surface area (Å²) in [6.45, 7) is 2.04. The summed E-state index contributed by atoms with van der Waals surface area (Å²) >= 11 is 0. The molecule has 2 heteroatoms. The second-order valence-electron chi connectivity index (χ2n) is 2.25. The van der Waals surface area contributed by atoms with Crippen molar-refractivity contribution in [1.29, 1.82) is 5.41 Å². The average Bonchev–Trinajstić information content (AvgIpc) is 2.10. The molecule has 0 heterocycles. The molecule has 0 aliphatic heterocycles. The lowest BCUT2D eigenvalue weighted by molar-refractivity contribution is 0.953. The molecule has 0 aromatic rings. The lowest BCUT2D eigenvalue weighted by Gasteiger charge is -1.89. The maximum atomic E-state index is 6.91. The molecule has 0 aromatic carbocycles. The number of nitrogens with one attached hydrogen (secondary N) is 1. The van der Waals surface area contributed by atoms with Crippen LogP contribution < -0.4 is 5.73 Å². The minimum atomic E-state index is 0.404. The van der Waals surface area contributed by atoms with Crippen LogP contribution in [0, 0.1) is 11.3 Å².